The maximum atomic E-state index is 11.5. The zero-order valence-corrected chi connectivity index (χ0v) is 13.5. The van der Waals surface area contributed by atoms with Crippen molar-refractivity contribution in [2.75, 3.05) is 24.8 Å². The van der Waals surface area contributed by atoms with Crippen molar-refractivity contribution in [2.24, 2.45) is 0 Å². The summed E-state index contributed by atoms with van der Waals surface area (Å²) in [5.74, 6) is 1.57. The van der Waals surface area contributed by atoms with Gasteiger partial charge in [0, 0.05) is 12.6 Å². The van der Waals surface area contributed by atoms with Crippen LogP contribution in [-0.2, 0) is 0 Å². The standard InChI is InChI=1S/C17H18N2O5/c1-3-18(12-7-5-6-8-15(12)22-4-2)13-9-16-17(24-11-23-16)10-14(13)19(20)21/h5-10H,3-4,11H2,1-2H3. The molecule has 7 nitrogen and oxygen atoms in total. The molecule has 0 unspecified atom stereocenters. The number of hydrogen-bond donors (Lipinski definition) is 0. The third-order valence-electron chi connectivity index (χ3n) is 3.73. The lowest BCUT2D eigenvalue weighted by Gasteiger charge is -2.25. The number of hydrogen-bond acceptors (Lipinski definition) is 6. The quantitative estimate of drug-likeness (QED) is 0.591. The third-order valence-corrected chi connectivity index (χ3v) is 3.73. The van der Waals surface area contributed by atoms with Gasteiger partial charge in [0.25, 0.3) is 5.69 Å². The Balaban J connectivity index is 2.13. The monoisotopic (exact) mass is 330 g/mol. The molecule has 7 heteroatoms. The normalized spacial score (nSPS) is 12.1. The minimum absolute atomic E-state index is 0.0348. The molecule has 0 radical (unpaired) electrons. The summed E-state index contributed by atoms with van der Waals surface area (Å²) in [6, 6.07) is 10.5. The van der Waals surface area contributed by atoms with Crippen LogP contribution in [-0.4, -0.2) is 24.9 Å². The molecule has 0 bridgehead atoms. The van der Waals surface area contributed by atoms with Crippen LogP contribution in [0, 0.1) is 10.1 Å². The van der Waals surface area contributed by atoms with E-state index in [2.05, 4.69) is 0 Å². The average Bonchev–Trinajstić information content (AvgIpc) is 3.04. The van der Waals surface area contributed by atoms with Crippen LogP contribution in [0.5, 0.6) is 17.2 Å². The first-order valence-corrected chi connectivity index (χ1v) is 7.73. The summed E-state index contributed by atoms with van der Waals surface area (Å²) in [7, 11) is 0. The molecule has 1 aliphatic rings. The Morgan fingerprint density at radius 1 is 1.17 bits per heavy atom. The van der Waals surface area contributed by atoms with Gasteiger partial charge in [-0.3, -0.25) is 10.1 Å². The van der Waals surface area contributed by atoms with Crippen molar-refractivity contribution in [3.05, 3.63) is 46.5 Å². The molecule has 2 aromatic rings. The minimum Gasteiger partial charge on any atom is -0.492 e. The van der Waals surface area contributed by atoms with Crippen LogP contribution >= 0.6 is 0 Å². The van der Waals surface area contributed by atoms with Crippen molar-refractivity contribution in [2.45, 2.75) is 13.8 Å². The van der Waals surface area contributed by atoms with Crippen molar-refractivity contribution in [1.82, 2.24) is 0 Å². The number of para-hydroxylation sites is 2. The lowest BCUT2D eigenvalue weighted by Crippen LogP contribution is -2.18. The van der Waals surface area contributed by atoms with Gasteiger partial charge in [-0.2, -0.15) is 0 Å². The van der Waals surface area contributed by atoms with E-state index in [0.29, 0.717) is 36.1 Å². The first kappa shape index (κ1) is 15.9. The van der Waals surface area contributed by atoms with Gasteiger partial charge in [0.15, 0.2) is 11.5 Å². The van der Waals surface area contributed by atoms with Crippen LogP contribution in [0.1, 0.15) is 13.8 Å². The summed E-state index contributed by atoms with van der Waals surface area (Å²) in [5, 5.41) is 11.5. The summed E-state index contributed by atoms with van der Waals surface area (Å²) in [5.41, 5.74) is 1.18. The van der Waals surface area contributed by atoms with Gasteiger partial charge in [0.1, 0.15) is 11.4 Å². The molecular formula is C17H18N2O5. The predicted octanol–water partition coefficient (Wildman–Crippen LogP) is 3.88. The Morgan fingerprint density at radius 2 is 1.88 bits per heavy atom. The summed E-state index contributed by atoms with van der Waals surface area (Å²) in [6.07, 6.45) is 0. The van der Waals surface area contributed by atoms with Gasteiger partial charge in [-0.1, -0.05) is 12.1 Å². The molecule has 0 spiro atoms. The van der Waals surface area contributed by atoms with E-state index in [1.807, 2.05) is 43.0 Å². The molecule has 0 saturated carbocycles. The molecule has 1 heterocycles. The summed E-state index contributed by atoms with van der Waals surface area (Å²) in [6.45, 7) is 4.94. The Hall–Kier alpha value is -2.96. The number of fused-ring (bicyclic) bond motifs is 1. The largest absolute Gasteiger partial charge is 0.492 e. The van der Waals surface area contributed by atoms with Crippen molar-refractivity contribution >= 4 is 17.1 Å². The van der Waals surface area contributed by atoms with Gasteiger partial charge < -0.3 is 19.1 Å². The van der Waals surface area contributed by atoms with E-state index in [4.69, 9.17) is 14.2 Å². The number of benzene rings is 2. The summed E-state index contributed by atoms with van der Waals surface area (Å²) < 4.78 is 16.3. The van der Waals surface area contributed by atoms with Crippen LogP contribution < -0.4 is 19.1 Å². The Kier molecular flexibility index (Phi) is 4.41. The van der Waals surface area contributed by atoms with Crippen LogP contribution in [0.4, 0.5) is 17.1 Å². The Morgan fingerprint density at radius 3 is 2.54 bits per heavy atom. The van der Waals surface area contributed by atoms with E-state index in [1.54, 1.807) is 6.07 Å². The van der Waals surface area contributed by atoms with Gasteiger partial charge in [-0.05, 0) is 26.0 Å². The van der Waals surface area contributed by atoms with Crippen molar-refractivity contribution in [3.8, 4) is 17.2 Å². The van der Waals surface area contributed by atoms with E-state index in [-0.39, 0.29) is 12.5 Å². The molecule has 1 aliphatic heterocycles. The van der Waals surface area contributed by atoms with E-state index < -0.39 is 4.92 Å². The van der Waals surface area contributed by atoms with Gasteiger partial charge in [0.2, 0.25) is 6.79 Å². The van der Waals surface area contributed by atoms with E-state index in [1.165, 1.54) is 6.07 Å². The van der Waals surface area contributed by atoms with Gasteiger partial charge >= 0.3 is 0 Å². The zero-order valence-electron chi connectivity index (χ0n) is 13.5. The first-order chi connectivity index (χ1) is 11.7. The molecule has 0 atom stereocenters. The number of nitro groups is 1. The zero-order chi connectivity index (χ0) is 17.1. The second-order valence-electron chi connectivity index (χ2n) is 5.10. The number of nitrogens with zero attached hydrogens (tertiary/aromatic N) is 2. The Labute approximate surface area is 139 Å². The SMILES string of the molecule is CCOc1ccccc1N(CC)c1cc2c(cc1[N+](=O)[O-])OCO2. The van der Waals surface area contributed by atoms with Crippen LogP contribution in [0.3, 0.4) is 0 Å². The van der Waals surface area contributed by atoms with Gasteiger partial charge in [0.05, 0.1) is 23.3 Å². The van der Waals surface area contributed by atoms with Crippen molar-refractivity contribution < 1.29 is 19.1 Å². The number of ether oxygens (including phenoxy) is 3. The van der Waals surface area contributed by atoms with Crippen molar-refractivity contribution in [1.29, 1.82) is 0 Å². The molecule has 0 saturated heterocycles. The highest BCUT2D eigenvalue weighted by atomic mass is 16.7. The van der Waals surface area contributed by atoms with E-state index >= 15 is 0 Å². The maximum Gasteiger partial charge on any atom is 0.296 e. The topological polar surface area (TPSA) is 74.1 Å². The fraction of sp³-hybridized carbons (Fsp3) is 0.294. The molecule has 0 aromatic heterocycles. The molecule has 0 N–H and O–H groups in total. The number of rotatable bonds is 6. The second-order valence-corrected chi connectivity index (χ2v) is 5.10. The highest BCUT2D eigenvalue weighted by Crippen LogP contribution is 2.45. The second kappa shape index (κ2) is 6.66. The fourth-order valence-corrected chi connectivity index (χ4v) is 2.71. The molecule has 126 valence electrons. The molecule has 24 heavy (non-hydrogen) atoms. The van der Waals surface area contributed by atoms with Crippen molar-refractivity contribution in [3.63, 3.8) is 0 Å². The molecule has 2 aromatic carbocycles. The minimum atomic E-state index is -0.413. The highest BCUT2D eigenvalue weighted by molar-refractivity contribution is 5.78. The predicted molar refractivity (Wildman–Crippen MR) is 89.5 cm³/mol. The summed E-state index contributed by atoms with van der Waals surface area (Å²) in [4.78, 5) is 13.0. The van der Waals surface area contributed by atoms with Crippen LogP contribution in [0.2, 0.25) is 0 Å². The smallest absolute Gasteiger partial charge is 0.296 e. The molecular weight excluding hydrogens is 312 g/mol. The van der Waals surface area contributed by atoms with Gasteiger partial charge in [-0.15, -0.1) is 0 Å². The van der Waals surface area contributed by atoms with E-state index in [9.17, 15) is 10.1 Å². The third kappa shape index (κ3) is 2.80. The molecule has 0 fully saturated rings. The molecule has 0 aliphatic carbocycles. The number of nitro benzene ring substituents is 1. The van der Waals surface area contributed by atoms with Gasteiger partial charge in [-0.25, -0.2) is 0 Å². The fourth-order valence-electron chi connectivity index (χ4n) is 2.71. The first-order valence-electron chi connectivity index (χ1n) is 7.73. The molecule has 3 rings (SSSR count). The number of anilines is 2. The summed E-state index contributed by atoms with van der Waals surface area (Å²) >= 11 is 0. The maximum absolute atomic E-state index is 11.5. The highest BCUT2D eigenvalue weighted by Gasteiger charge is 2.27. The lowest BCUT2D eigenvalue weighted by molar-refractivity contribution is -0.384. The Bertz CT molecular complexity index is 763. The van der Waals surface area contributed by atoms with Crippen LogP contribution in [0.25, 0.3) is 0 Å². The van der Waals surface area contributed by atoms with Crippen LogP contribution in [0.15, 0.2) is 36.4 Å². The lowest BCUT2D eigenvalue weighted by atomic mass is 10.2. The molecule has 0 amide bonds. The average molecular weight is 330 g/mol. The van der Waals surface area contributed by atoms with E-state index in [0.717, 1.165) is 5.69 Å².